The van der Waals surface area contributed by atoms with E-state index in [1.165, 1.54) is 36.0 Å². The Morgan fingerprint density at radius 1 is 1.27 bits per heavy atom. The van der Waals surface area contributed by atoms with E-state index in [0.717, 1.165) is 10.4 Å². The first kappa shape index (κ1) is 16.2. The van der Waals surface area contributed by atoms with Crippen LogP contribution < -0.4 is 11.1 Å². The van der Waals surface area contributed by atoms with E-state index < -0.39 is 5.95 Å². The lowest BCUT2D eigenvalue weighted by Gasteiger charge is -2.07. The number of nitrogen functional groups attached to an aromatic ring is 1. The fraction of sp³-hybridized carbons (Fsp3) is 0.0588. The Bertz CT molecular complexity index is 1120. The molecule has 0 fully saturated rings. The average molecular weight is 368 g/mol. The number of rotatable bonds is 3. The van der Waals surface area contributed by atoms with Crippen molar-refractivity contribution < 1.29 is 9.18 Å². The number of carbonyl (C=O) groups excluding carboxylic acids is 1. The highest BCUT2D eigenvalue weighted by Gasteiger charge is 2.17. The summed E-state index contributed by atoms with van der Waals surface area (Å²) in [6, 6.07) is 4.58. The van der Waals surface area contributed by atoms with Crippen molar-refractivity contribution in [2.24, 2.45) is 0 Å². The first-order valence-corrected chi connectivity index (χ1v) is 8.45. The minimum absolute atomic E-state index is 0.305. The zero-order valence-electron chi connectivity index (χ0n) is 13.6. The van der Waals surface area contributed by atoms with Gasteiger partial charge >= 0.3 is 0 Å². The van der Waals surface area contributed by atoms with Gasteiger partial charge < -0.3 is 11.1 Å². The number of carbonyl (C=O) groups is 1. The first-order chi connectivity index (χ1) is 12.5. The van der Waals surface area contributed by atoms with E-state index in [4.69, 9.17) is 5.73 Å². The lowest BCUT2D eigenvalue weighted by molar-refractivity contribution is 0.102. The largest absolute Gasteiger partial charge is 0.397 e. The summed E-state index contributed by atoms with van der Waals surface area (Å²) in [5.41, 5.74) is 8.60. The summed E-state index contributed by atoms with van der Waals surface area (Å²) >= 11 is 1.37. The Balaban J connectivity index is 1.67. The summed E-state index contributed by atoms with van der Waals surface area (Å²) in [4.78, 5) is 21.9. The fourth-order valence-corrected chi connectivity index (χ4v) is 3.51. The van der Waals surface area contributed by atoms with Crippen LogP contribution in [0.3, 0.4) is 0 Å². The molecule has 4 heterocycles. The van der Waals surface area contributed by atoms with Crippen LogP contribution in [0.15, 0.2) is 43.0 Å². The van der Waals surface area contributed by atoms with E-state index in [2.05, 4.69) is 20.4 Å². The molecule has 0 saturated heterocycles. The molecule has 3 N–H and O–H groups in total. The Hall–Kier alpha value is -3.33. The molecule has 0 saturated carbocycles. The van der Waals surface area contributed by atoms with Crippen molar-refractivity contribution in [3.8, 4) is 10.4 Å². The van der Waals surface area contributed by atoms with Gasteiger partial charge in [-0.05, 0) is 25.1 Å². The van der Waals surface area contributed by atoms with E-state index in [1.807, 2.05) is 0 Å². The molecule has 7 nitrogen and oxygen atoms in total. The van der Waals surface area contributed by atoms with Crippen LogP contribution in [0.25, 0.3) is 15.3 Å². The third-order valence-electron chi connectivity index (χ3n) is 3.81. The molecule has 4 rings (SSSR count). The number of nitrogens with zero attached hydrogens (tertiary/aromatic N) is 4. The molecule has 9 heteroatoms. The second-order valence-electron chi connectivity index (χ2n) is 5.63. The monoisotopic (exact) mass is 368 g/mol. The van der Waals surface area contributed by atoms with E-state index in [1.54, 1.807) is 29.8 Å². The minimum atomic E-state index is -0.540. The first-order valence-electron chi connectivity index (χ1n) is 7.64. The number of anilines is 2. The van der Waals surface area contributed by atoms with Crippen LogP contribution in [0.1, 0.15) is 16.1 Å². The van der Waals surface area contributed by atoms with Crippen LogP contribution in [0, 0.1) is 12.9 Å². The van der Waals surface area contributed by atoms with E-state index >= 15 is 0 Å². The van der Waals surface area contributed by atoms with Gasteiger partial charge in [0.15, 0.2) is 0 Å². The molecule has 1 amide bonds. The van der Waals surface area contributed by atoms with Gasteiger partial charge in [0.1, 0.15) is 4.83 Å². The third kappa shape index (κ3) is 2.88. The number of hydrogen-bond acceptors (Lipinski definition) is 6. The predicted molar refractivity (Wildman–Crippen MR) is 97.6 cm³/mol. The van der Waals surface area contributed by atoms with E-state index in [9.17, 15) is 9.18 Å². The summed E-state index contributed by atoms with van der Waals surface area (Å²) < 4.78 is 14.6. The third-order valence-corrected chi connectivity index (χ3v) is 4.97. The maximum absolute atomic E-state index is 13.0. The Morgan fingerprint density at radius 3 is 2.88 bits per heavy atom. The van der Waals surface area contributed by atoms with Crippen molar-refractivity contribution in [2.45, 2.75) is 6.92 Å². The smallest absolute Gasteiger partial charge is 0.260 e. The van der Waals surface area contributed by atoms with Crippen molar-refractivity contribution in [3.63, 3.8) is 0 Å². The van der Waals surface area contributed by atoms with Crippen molar-refractivity contribution in [1.29, 1.82) is 0 Å². The lowest BCUT2D eigenvalue weighted by atomic mass is 10.2. The van der Waals surface area contributed by atoms with Crippen molar-refractivity contribution in [1.82, 2.24) is 19.6 Å². The van der Waals surface area contributed by atoms with Crippen LogP contribution in [0.2, 0.25) is 0 Å². The molecule has 0 aromatic carbocycles. The van der Waals surface area contributed by atoms with Gasteiger partial charge in [0.05, 0.1) is 39.9 Å². The number of aromatic nitrogens is 4. The van der Waals surface area contributed by atoms with Crippen LogP contribution >= 0.6 is 11.3 Å². The SMILES string of the molecule is Cc1ncc(N)cc1NC(=O)c1cnn2cc(-c3ccc(F)nc3)sc12. The van der Waals surface area contributed by atoms with Crippen molar-refractivity contribution >= 4 is 33.4 Å². The molecule has 0 unspecified atom stereocenters. The number of hydrogen-bond donors (Lipinski definition) is 2. The fourth-order valence-electron chi connectivity index (χ4n) is 2.46. The molecule has 0 aliphatic heterocycles. The molecule has 130 valence electrons. The summed E-state index contributed by atoms with van der Waals surface area (Å²) in [5.74, 6) is -0.845. The molecule has 0 aliphatic carbocycles. The number of nitrogens with two attached hydrogens (primary N) is 1. The van der Waals surface area contributed by atoms with Crippen LogP contribution in [-0.2, 0) is 0 Å². The van der Waals surface area contributed by atoms with Crippen LogP contribution in [-0.4, -0.2) is 25.5 Å². The number of amides is 1. The Morgan fingerprint density at radius 2 is 2.12 bits per heavy atom. The zero-order chi connectivity index (χ0) is 18.3. The lowest BCUT2D eigenvalue weighted by Crippen LogP contribution is -2.13. The van der Waals surface area contributed by atoms with E-state index in [0.29, 0.717) is 27.5 Å². The molecule has 26 heavy (non-hydrogen) atoms. The summed E-state index contributed by atoms with van der Waals surface area (Å²) in [6.07, 6.45) is 6.26. The van der Waals surface area contributed by atoms with E-state index in [-0.39, 0.29) is 5.91 Å². The summed E-state index contributed by atoms with van der Waals surface area (Å²) in [7, 11) is 0. The van der Waals surface area contributed by atoms with Crippen molar-refractivity contribution in [3.05, 3.63) is 60.2 Å². The summed E-state index contributed by atoms with van der Waals surface area (Å²) in [5, 5.41) is 7.03. The highest BCUT2D eigenvalue weighted by atomic mass is 32.1. The number of aryl methyl sites for hydroxylation is 1. The molecule has 0 aliphatic rings. The maximum Gasteiger partial charge on any atom is 0.260 e. The predicted octanol–water partition coefficient (Wildman–Crippen LogP) is 3.13. The average Bonchev–Trinajstić information content (AvgIpc) is 3.19. The quantitative estimate of drug-likeness (QED) is 0.541. The number of halogens is 1. The molecule has 0 spiro atoms. The normalized spacial score (nSPS) is 11.0. The topological polar surface area (TPSA) is 98.2 Å². The van der Waals surface area contributed by atoms with Crippen LogP contribution in [0.4, 0.5) is 15.8 Å². The van der Waals surface area contributed by atoms with Gasteiger partial charge in [-0.15, -0.1) is 11.3 Å². The van der Waals surface area contributed by atoms with Gasteiger partial charge in [-0.1, -0.05) is 0 Å². The number of nitrogens with one attached hydrogen (secondary N) is 1. The van der Waals surface area contributed by atoms with Crippen molar-refractivity contribution in [2.75, 3.05) is 11.1 Å². The number of pyridine rings is 2. The molecular weight excluding hydrogens is 355 g/mol. The number of thiazole rings is 1. The van der Waals surface area contributed by atoms with Gasteiger partial charge in [0, 0.05) is 18.0 Å². The maximum atomic E-state index is 13.0. The van der Waals surface area contributed by atoms with Gasteiger partial charge in [0.25, 0.3) is 5.91 Å². The van der Waals surface area contributed by atoms with Gasteiger partial charge in [0.2, 0.25) is 5.95 Å². The molecular formula is C17H13FN6OS. The number of fused-ring (bicyclic) bond motifs is 1. The Labute approximate surface area is 151 Å². The highest BCUT2D eigenvalue weighted by molar-refractivity contribution is 7.21. The molecule has 0 bridgehead atoms. The minimum Gasteiger partial charge on any atom is -0.397 e. The molecule has 0 atom stereocenters. The highest BCUT2D eigenvalue weighted by Crippen LogP contribution is 2.30. The van der Waals surface area contributed by atoms with Gasteiger partial charge in [-0.25, -0.2) is 9.50 Å². The summed E-state index contributed by atoms with van der Waals surface area (Å²) in [6.45, 7) is 1.79. The Kier molecular flexibility index (Phi) is 3.85. The zero-order valence-corrected chi connectivity index (χ0v) is 14.4. The molecule has 4 aromatic rings. The van der Waals surface area contributed by atoms with Gasteiger partial charge in [-0.3, -0.25) is 9.78 Å². The molecule has 0 radical (unpaired) electrons. The van der Waals surface area contributed by atoms with Gasteiger partial charge in [-0.2, -0.15) is 9.49 Å². The second-order valence-corrected chi connectivity index (χ2v) is 6.66. The standard InChI is InChI=1S/C17H13FN6OS/c1-9-13(4-11(19)6-20-9)23-16(25)12-7-22-24-8-14(26-17(12)24)10-2-3-15(18)21-5-10/h2-8H,19H2,1H3,(H,23,25). The van der Waals surface area contributed by atoms with Crippen LogP contribution in [0.5, 0.6) is 0 Å². The molecule has 4 aromatic heterocycles. The second kappa shape index (κ2) is 6.19.